The van der Waals surface area contributed by atoms with Gasteiger partial charge in [0.15, 0.2) is 0 Å². The van der Waals surface area contributed by atoms with E-state index in [9.17, 15) is 14.4 Å². The number of hydrogen-bond acceptors (Lipinski definition) is 4. The third-order valence-corrected chi connectivity index (χ3v) is 4.58. The van der Waals surface area contributed by atoms with E-state index in [-0.39, 0.29) is 24.4 Å². The van der Waals surface area contributed by atoms with Crippen molar-refractivity contribution in [3.05, 3.63) is 35.9 Å². The molecule has 6 heteroatoms. The molecule has 1 aromatic carbocycles. The first-order valence-electron chi connectivity index (χ1n) is 9.26. The zero-order valence-corrected chi connectivity index (χ0v) is 15.4. The first-order chi connectivity index (χ1) is 12.5. The van der Waals surface area contributed by atoms with Crippen molar-refractivity contribution >= 4 is 17.8 Å². The van der Waals surface area contributed by atoms with Crippen LogP contribution in [0.15, 0.2) is 30.3 Å². The zero-order valence-electron chi connectivity index (χ0n) is 15.4. The first-order valence-corrected chi connectivity index (χ1v) is 9.26. The number of nitrogens with zero attached hydrogens (tertiary/aromatic N) is 1. The molecule has 1 aliphatic rings. The van der Waals surface area contributed by atoms with Crippen molar-refractivity contribution in [2.24, 2.45) is 5.92 Å². The van der Waals surface area contributed by atoms with Gasteiger partial charge < -0.3 is 19.7 Å². The van der Waals surface area contributed by atoms with Crippen LogP contribution < -0.4 is 5.32 Å². The van der Waals surface area contributed by atoms with E-state index in [1.165, 1.54) is 0 Å². The Morgan fingerprint density at radius 1 is 1.15 bits per heavy atom. The van der Waals surface area contributed by atoms with Crippen LogP contribution in [0.25, 0.3) is 0 Å². The van der Waals surface area contributed by atoms with Crippen molar-refractivity contribution in [1.82, 2.24) is 10.2 Å². The van der Waals surface area contributed by atoms with E-state index >= 15 is 0 Å². The number of ether oxygens (including phenoxy) is 1. The number of benzene rings is 1. The number of rotatable bonds is 8. The lowest BCUT2D eigenvalue weighted by atomic mass is 9.93. The molecule has 2 amide bonds. The summed E-state index contributed by atoms with van der Waals surface area (Å²) in [6.45, 7) is 3.62. The summed E-state index contributed by atoms with van der Waals surface area (Å²) < 4.78 is 5.35. The second-order valence-corrected chi connectivity index (χ2v) is 6.83. The molecule has 1 aromatic rings. The van der Waals surface area contributed by atoms with E-state index in [2.05, 4.69) is 5.32 Å². The summed E-state index contributed by atoms with van der Waals surface area (Å²) in [5, 5.41) is 2.86. The molecule has 1 fully saturated rings. The van der Waals surface area contributed by atoms with Crippen LogP contribution in [0, 0.1) is 5.92 Å². The normalized spacial score (nSPS) is 14.7. The number of hydrogen-bond donors (Lipinski definition) is 1. The van der Waals surface area contributed by atoms with Gasteiger partial charge in [0.05, 0.1) is 0 Å². The second-order valence-electron chi connectivity index (χ2n) is 6.83. The van der Waals surface area contributed by atoms with Crippen LogP contribution in [0.4, 0.5) is 4.79 Å². The highest BCUT2D eigenvalue weighted by Crippen LogP contribution is 2.21. The molecule has 6 nitrogen and oxygen atoms in total. The van der Waals surface area contributed by atoms with Crippen molar-refractivity contribution in [2.75, 3.05) is 19.6 Å². The van der Waals surface area contributed by atoms with Gasteiger partial charge in [0, 0.05) is 32.5 Å². The maximum Gasteiger partial charge on any atom is 0.410 e. The predicted molar refractivity (Wildman–Crippen MR) is 98.5 cm³/mol. The molecular weight excluding hydrogens is 332 g/mol. The van der Waals surface area contributed by atoms with Crippen molar-refractivity contribution in [3.8, 4) is 0 Å². The molecule has 1 saturated heterocycles. The Bertz CT molecular complexity index is 595. The van der Waals surface area contributed by atoms with Gasteiger partial charge in [0.2, 0.25) is 5.91 Å². The van der Waals surface area contributed by atoms with Crippen LogP contribution in [0.2, 0.25) is 0 Å². The minimum Gasteiger partial charge on any atom is -0.445 e. The molecule has 0 unspecified atom stereocenters. The lowest BCUT2D eigenvalue weighted by Gasteiger charge is -2.31. The Kier molecular flexibility index (Phi) is 8.12. The summed E-state index contributed by atoms with van der Waals surface area (Å²) in [5.41, 5.74) is 0.970. The lowest BCUT2D eigenvalue weighted by molar-refractivity contribution is -0.122. The highest BCUT2D eigenvalue weighted by Gasteiger charge is 2.25. The van der Waals surface area contributed by atoms with Crippen molar-refractivity contribution in [1.29, 1.82) is 0 Å². The van der Waals surface area contributed by atoms with Crippen molar-refractivity contribution < 1.29 is 19.1 Å². The molecule has 0 aliphatic carbocycles. The SMILES string of the molecule is CC(=O)CCCNC(=O)CC1CCN(C(=O)OCc2ccccc2)CC1. The number of Topliss-reactive ketones (excluding diaryl/α,β-unsaturated/α-hetero) is 1. The minimum atomic E-state index is -0.291. The fourth-order valence-electron chi connectivity index (χ4n) is 3.03. The van der Waals surface area contributed by atoms with Gasteiger partial charge in [-0.3, -0.25) is 4.79 Å². The van der Waals surface area contributed by atoms with Crippen LogP contribution in [0.3, 0.4) is 0 Å². The van der Waals surface area contributed by atoms with E-state index in [0.717, 1.165) is 18.4 Å². The Labute approximate surface area is 154 Å². The molecule has 142 valence electrons. The number of nitrogens with one attached hydrogen (secondary N) is 1. The summed E-state index contributed by atoms with van der Waals surface area (Å²) >= 11 is 0. The molecule has 0 saturated carbocycles. The number of carbonyl (C=O) groups excluding carboxylic acids is 3. The van der Waals surface area contributed by atoms with E-state index in [4.69, 9.17) is 4.74 Å². The molecule has 1 heterocycles. The van der Waals surface area contributed by atoms with E-state index in [0.29, 0.717) is 44.8 Å². The molecule has 1 N–H and O–H groups in total. The van der Waals surface area contributed by atoms with Gasteiger partial charge in [0.25, 0.3) is 0 Å². The number of ketones is 1. The average Bonchev–Trinajstić information content (AvgIpc) is 2.64. The van der Waals surface area contributed by atoms with Crippen molar-refractivity contribution in [3.63, 3.8) is 0 Å². The Hall–Kier alpha value is -2.37. The maximum absolute atomic E-state index is 12.1. The summed E-state index contributed by atoms with van der Waals surface area (Å²) in [7, 11) is 0. The van der Waals surface area contributed by atoms with Gasteiger partial charge in [-0.1, -0.05) is 30.3 Å². The standard InChI is InChI=1S/C20H28N2O4/c1-16(23)6-5-11-21-19(24)14-17-9-12-22(13-10-17)20(25)26-15-18-7-3-2-4-8-18/h2-4,7-8,17H,5-6,9-15H2,1H3,(H,21,24). The van der Waals surface area contributed by atoms with Crippen LogP contribution in [-0.4, -0.2) is 42.3 Å². The van der Waals surface area contributed by atoms with Gasteiger partial charge in [-0.2, -0.15) is 0 Å². The number of piperidine rings is 1. The summed E-state index contributed by atoms with van der Waals surface area (Å²) in [6.07, 6.45) is 2.99. The predicted octanol–water partition coefficient (Wildman–Crippen LogP) is 2.91. The average molecular weight is 360 g/mol. The van der Waals surface area contributed by atoms with E-state index < -0.39 is 0 Å². The second kappa shape index (κ2) is 10.6. The fraction of sp³-hybridized carbons (Fsp3) is 0.550. The molecule has 0 spiro atoms. The number of likely N-dealkylation sites (tertiary alicyclic amines) is 1. The molecule has 0 bridgehead atoms. The molecule has 0 aromatic heterocycles. The summed E-state index contributed by atoms with van der Waals surface area (Å²) in [6, 6.07) is 9.61. The molecule has 26 heavy (non-hydrogen) atoms. The third kappa shape index (κ3) is 7.25. The summed E-state index contributed by atoms with van der Waals surface area (Å²) in [5.74, 6) is 0.463. The zero-order chi connectivity index (χ0) is 18.8. The molecular formula is C20H28N2O4. The topological polar surface area (TPSA) is 75.7 Å². The molecule has 1 aliphatic heterocycles. The van der Waals surface area contributed by atoms with Gasteiger partial charge >= 0.3 is 6.09 Å². The Morgan fingerprint density at radius 3 is 2.50 bits per heavy atom. The van der Waals surface area contributed by atoms with Gasteiger partial charge in [-0.25, -0.2) is 4.79 Å². The lowest BCUT2D eigenvalue weighted by Crippen LogP contribution is -2.40. The fourth-order valence-corrected chi connectivity index (χ4v) is 3.03. The molecule has 0 atom stereocenters. The molecule has 0 radical (unpaired) electrons. The number of amides is 2. The highest BCUT2D eigenvalue weighted by molar-refractivity contribution is 5.77. The van der Waals surface area contributed by atoms with Crippen LogP contribution in [0.5, 0.6) is 0 Å². The summed E-state index contributed by atoms with van der Waals surface area (Å²) in [4.78, 5) is 36.6. The Balaban J connectivity index is 1.61. The van der Waals surface area contributed by atoms with Gasteiger partial charge in [-0.15, -0.1) is 0 Å². The quantitative estimate of drug-likeness (QED) is 0.723. The monoisotopic (exact) mass is 360 g/mol. The first kappa shape index (κ1) is 19.9. The van der Waals surface area contributed by atoms with Crippen LogP contribution in [0.1, 0.15) is 44.6 Å². The largest absolute Gasteiger partial charge is 0.445 e. The van der Waals surface area contributed by atoms with Gasteiger partial charge in [0.1, 0.15) is 12.4 Å². The third-order valence-electron chi connectivity index (χ3n) is 4.58. The smallest absolute Gasteiger partial charge is 0.410 e. The van der Waals surface area contributed by atoms with E-state index in [1.807, 2.05) is 30.3 Å². The highest BCUT2D eigenvalue weighted by atomic mass is 16.6. The van der Waals surface area contributed by atoms with Crippen LogP contribution >= 0.6 is 0 Å². The minimum absolute atomic E-state index is 0.0265. The Morgan fingerprint density at radius 2 is 1.85 bits per heavy atom. The maximum atomic E-state index is 12.1. The van der Waals surface area contributed by atoms with Crippen LogP contribution in [-0.2, 0) is 20.9 Å². The van der Waals surface area contributed by atoms with Gasteiger partial charge in [-0.05, 0) is 37.7 Å². The van der Waals surface area contributed by atoms with E-state index in [1.54, 1.807) is 11.8 Å². The van der Waals surface area contributed by atoms with Crippen molar-refractivity contribution in [2.45, 2.75) is 45.6 Å². The molecule has 2 rings (SSSR count). The number of carbonyl (C=O) groups is 3.